The molecule has 0 fully saturated rings. The van der Waals surface area contributed by atoms with Crippen LogP contribution in [-0.2, 0) is 16.0 Å². The minimum Gasteiger partial charge on any atom is -0.497 e. The second-order valence-electron chi connectivity index (χ2n) is 4.89. The molecule has 3 rings (SSSR count). The van der Waals surface area contributed by atoms with Gasteiger partial charge in [0.05, 0.1) is 13.7 Å². The third-order valence-electron chi connectivity index (χ3n) is 3.60. The van der Waals surface area contributed by atoms with Gasteiger partial charge in [0.1, 0.15) is 11.5 Å². The topological polar surface area (TPSA) is 52.6 Å². The summed E-state index contributed by atoms with van der Waals surface area (Å²) in [5, 5.41) is 0. The molecule has 4 heteroatoms. The Kier molecular flexibility index (Phi) is 3.14. The van der Waals surface area contributed by atoms with Crippen LogP contribution in [0, 0.1) is 5.92 Å². The van der Waals surface area contributed by atoms with Crippen LogP contribution in [0.4, 0.5) is 0 Å². The molecule has 1 aliphatic heterocycles. The van der Waals surface area contributed by atoms with Gasteiger partial charge in [0, 0.05) is 17.6 Å². The number of carbonyl (C=O) groups excluding carboxylic acids is 2. The number of allylic oxidation sites excluding steroid dienone is 3. The number of ether oxygens (including phenoxy) is 2. The molecule has 1 atom stereocenters. The first-order chi connectivity index (χ1) is 9.67. The van der Waals surface area contributed by atoms with Crippen molar-refractivity contribution in [3.05, 3.63) is 47.6 Å². The van der Waals surface area contributed by atoms with E-state index in [1.807, 2.05) is 18.2 Å². The molecule has 102 valence electrons. The maximum Gasteiger partial charge on any atom is 0.182 e. The Balaban J connectivity index is 1.86. The Morgan fingerprint density at radius 3 is 2.90 bits per heavy atom. The van der Waals surface area contributed by atoms with Crippen molar-refractivity contribution in [2.75, 3.05) is 13.7 Å². The first kappa shape index (κ1) is 12.7. The smallest absolute Gasteiger partial charge is 0.182 e. The molecule has 0 aromatic heterocycles. The lowest BCUT2D eigenvalue weighted by atomic mass is 9.85. The molecule has 1 aromatic rings. The Bertz CT molecular complexity index is 640. The van der Waals surface area contributed by atoms with Crippen LogP contribution < -0.4 is 9.47 Å². The van der Waals surface area contributed by atoms with Crippen LogP contribution in [0.15, 0.2) is 42.0 Å². The predicted octanol–water partition coefficient (Wildman–Crippen LogP) is 1.88. The fourth-order valence-corrected chi connectivity index (χ4v) is 2.52. The van der Waals surface area contributed by atoms with Gasteiger partial charge in [-0.1, -0.05) is 6.07 Å². The van der Waals surface area contributed by atoms with Gasteiger partial charge >= 0.3 is 0 Å². The molecule has 0 saturated carbocycles. The van der Waals surface area contributed by atoms with Gasteiger partial charge in [0.15, 0.2) is 11.6 Å². The van der Waals surface area contributed by atoms with Crippen LogP contribution in [0.1, 0.15) is 5.56 Å². The first-order valence-corrected chi connectivity index (χ1v) is 6.45. The number of carbonyl (C=O) groups is 2. The summed E-state index contributed by atoms with van der Waals surface area (Å²) < 4.78 is 10.9. The highest BCUT2D eigenvalue weighted by Crippen LogP contribution is 2.34. The SMILES string of the molecule is COc1ccc2c(c1)OCC(C1=CC(=O)C=CC1=O)C2. The van der Waals surface area contributed by atoms with Gasteiger partial charge in [0.25, 0.3) is 0 Å². The zero-order valence-electron chi connectivity index (χ0n) is 11.1. The van der Waals surface area contributed by atoms with E-state index in [1.165, 1.54) is 18.2 Å². The lowest BCUT2D eigenvalue weighted by Crippen LogP contribution is -2.27. The molecule has 1 aromatic carbocycles. The lowest BCUT2D eigenvalue weighted by molar-refractivity contribution is -0.115. The van der Waals surface area contributed by atoms with Crippen LogP contribution in [0.3, 0.4) is 0 Å². The van der Waals surface area contributed by atoms with Crippen molar-refractivity contribution in [2.45, 2.75) is 6.42 Å². The van der Waals surface area contributed by atoms with Gasteiger partial charge in [-0.25, -0.2) is 0 Å². The third kappa shape index (κ3) is 2.25. The zero-order valence-corrected chi connectivity index (χ0v) is 11.1. The summed E-state index contributed by atoms with van der Waals surface area (Å²) in [6, 6.07) is 5.65. The summed E-state index contributed by atoms with van der Waals surface area (Å²) in [5.41, 5.74) is 1.57. The molecule has 2 aliphatic rings. The highest BCUT2D eigenvalue weighted by molar-refractivity contribution is 6.17. The van der Waals surface area contributed by atoms with E-state index in [1.54, 1.807) is 7.11 Å². The van der Waals surface area contributed by atoms with Crippen LogP contribution in [0.2, 0.25) is 0 Å². The second kappa shape index (κ2) is 4.96. The molecule has 4 nitrogen and oxygen atoms in total. The highest BCUT2D eigenvalue weighted by Gasteiger charge is 2.28. The summed E-state index contributed by atoms with van der Waals surface area (Å²) >= 11 is 0. The predicted molar refractivity (Wildman–Crippen MR) is 72.9 cm³/mol. The van der Waals surface area contributed by atoms with Gasteiger partial charge in [-0.3, -0.25) is 9.59 Å². The quantitative estimate of drug-likeness (QED) is 0.770. The summed E-state index contributed by atoms with van der Waals surface area (Å²) in [6.07, 6.45) is 4.75. The molecule has 0 spiro atoms. The van der Waals surface area contributed by atoms with E-state index in [9.17, 15) is 9.59 Å². The lowest BCUT2D eigenvalue weighted by Gasteiger charge is -2.27. The molecule has 20 heavy (non-hydrogen) atoms. The van der Waals surface area contributed by atoms with Gasteiger partial charge in [0.2, 0.25) is 0 Å². The van der Waals surface area contributed by atoms with Crippen molar-refractivity contribution < 1.29 is 19.1 Å². The highest BCUT2D eigenvalue weighted by atomic mass is 16.5. The Morgan fingerprint density at radius 1 is 1.25 bits per heavy atom. The monoisotopic (exact) mass is 270 g/mol. The largest absolute Gasteiger partial charge is 0.497 e. The van der Waals surface area contributed by atoms with E-state index in [2.05, 4.69) is 0 Å². The number of ketones is 2. The van der Waals surface area contributed by atoms with Crippen molar-refractivity contribution in [1.82, 2.24) is 0 Å². The Morgan fingerprint density at radius 2 is 2.10 bits per heavy atom. The van der Waals surface area contributed by atoms with E-state index in [0.717, 1.165) is 17.1 Å². The van der Waals surface area contributed by atoms with Gasteiger partial charge in [-0.05, 0) is 36.3 Å². The van der Waals surface area contributed by atoms with Crippen LogP contribution in [0.5, 0.6) is 11.5 Å². The summed E-state index contributed by atoms with van der Waals surface area (Å²) in [6.45, 7) is 0.402. The second-order valence-corrected chi connectivity index (χ2v) is 4.89. The van der Waals surface area contributed by atoms with Gasteiger partial charge in [-0.15, -0.1) is 0 Å². The van der Waals surface area contributed by atoms with Crippen molar-refractivity contribution in [1.29, 1.82) is 0 Å². The van der Waals surface area contributed by atoms with Gasteiger partial charge < -0.3 is 9.47 Å². The van der Waals surface area contributed by atoms with Crippen LogP contribution in [0.25, 0.3) is 0 Å². The van der Waals surface area contributed by atoms with Gasteiger partial charge in [-0.2, -0.15) is 0 Å². The van der Waals surface area contributed by atoms with E-state index >= 15 is 0 Å². The minimum atomic E-state index is -0.139. The zero-order chi connectivity index (χ0) is 14.1. The molecule has 0 amide bonds. The minimum absolute atomic E-state index is 0.0719. The molecule has 0 radical (unpaired) electrons. The standard InChI is InChI=1S/C16H14O4/c1-19-13-4-2-10-6-11(9-20-16(10)8-13)14-7-12(17)3-5-15(14)18/h2-5,7-8,11H,6,9H2,1H3. The normalized spacial score (nSPS) is 21.1. The van der Waals surface area contributed by atoms with E-state index < -0.39 is 0 Å². The fraction of sp³-hybridized carbons (Fsp3) is 0.250. The molecule has 1 heterocycles. The maximum absolute atomic E-state index is 11.9. The van der Waals surface area contributed by atoms with Crippen molar-refractivity contribution in [3.8, 4) is 11.5 Å². The molecule has 0 bridgehead atoms. The first-order valence-electron chi connectivity index (χ1n) is 6.45. The Labute approximate surface area is 116 Å². The molecule has 0 saturated heterocycles. The number of fused-ring (bicyclic) bond motifs is 1. The van der Waals surface area contributed by atoms with E-state index in [4.69, 9.17) is 9.47 Å². The fourth-order valence-electron chi connectivity index (χ4n) is 2.52. The number of benzene rings is 1. The number of rotatable bonds is 2. The summed E-state index contributed by atoms with van der Waals surface area (Å²) in [4.78, 5) is 23.3. The maximum atomic E-state index is 11.9. The average molecular weight is 270 g/mol. The van der Waals surface area contributed by atoms with E-state index in [0.29, 0.717) is 18.6 Å². The third-order valence-corrected chi connectivity index (χ3v) is 3.60. The van der Waals surface area contributed by atoms with Crippen LogP contribution >= 0.6 is 0 Å². The van der Waals surface area contributed by atoms with Crippen LogP contribution in [-0.4, -0.2) is 25.3 Å². The van der Waals surface area contributed by atoms with Crippen molar-refractivity contribution in [2.24, 2.45) is 5.92 Å². The molecular formula is C16H14O4. The number of methoxy groups -OCH3 is 1. The molecule has 1 unspecified atom stereocenters. The number of hydrogen-bond acceptors (Lipinski definition) is 4. The molecule has 1 aliphatic carbocycles. The van der Waals surface area contributed by atoms with E-state index in [-0.39, 0.29) is 17.5 Å². The molecular weight excluding hydrogens is 256 g/mol. The number of hydrogen-bond donors (Lipinski definition) is 0. The van der Waals surface area contributed by atoms with Crippen molar-refractivity contribution >= 4 is 11.6 Å². The Hall–Kier alpha value is -2.36. The average Bonchev–Trinajstić information content (AvgIpc) is 2.48. The van der Waals surface area contributed by atoms with Crippen molar-refractivity contribution in [3.63, 3.8) is 0 Å². The molecule has 0 N–H and O–H groups in total. The summed E-state index contributed by atoms with van der Waals surface area (Å²) in [5.74, 6) is 1.21. The summed E-state index contributed by atoms with van der Waals surface area (Å²) in [7, 11) is 1.61.